The summed E-state index contributed by atoms with van der Waals surface area (Å²) in [7, 11) is 3.04. The standard InChI is InChI=1S/C14H14FNO3/c1-18-11-3-4-12(13(6-11)19-2)14(17)9-5-10(15)8-16-7-9/h3-8,14,17H,1-2H3. The van der Waals surface area contributed by atoms with Crippen LogP contribution in [0.15, 0.2) is 36.7 Å². The van der Waals surface area contributed by atoms with Crippen LogP contribution in [0.1, 0.15) is 17.2 Å². The van der Waals surface area contributed by atoms with Crippen molar-refractivity contribution in [2.75, 3.05) is 14.2 Å². The average molecular weight is 263 g/mol. The third-order valence-electron chi connectivity index (χ3n) is 2.78. The molecule has 1 aromatic heterocycles. The first-order valence-electron chi connectivity index (χ1n) is 5.66. The molecule has 0 radical (unpaired) electrons. The topological polar surface area (TPSA) is 51.6 Å². The van der Waals surface area contributed by atoms with Crippen molar-refractivity contribution in [1.82, 2.24) is 4.98 Å². The molecule has 1 N–H and O–H groups in total. The lowest BCUT2D eigenvalue weighted by Gasteiger charge is -2.15. The van der Waals surface area contributed by atoms with Crippen molar-refractivity contribution in [3.8, 4) is 11.5 Å². The molecule has 0 saturated carbocycles. The number of pyridine rings is 1. The van der Waals surface area contributed by atoms with Crippen molar-refractivity contribution in [3.05, 3.63) is 53.6 Å². The van der Waals surface area contributed by atoms with Gasteiger partial charge in [-0.15, -0.1) is 0 Å². The molecule has 2 rings (SSSR count). The highest BCUT2D eigenvalue weighted by atomic mass is 19.1. The molecule has 2 aromatic rings. The number of aromatic nitrogens is 1. The van der Waals surface area contributed by atoms with Crippen molar-refractivity contribution in [1.29, 1.82) is 0 Å². The predicted molar refractivity (Wildman–Crippen MR) is 67.8 cm³/mol. The Morgan fingerprint density at radius 3 is 2.58 bits per heavy atom. The zero-order valence-corrected chi connectivity index (χ0v) is 10.6. The van der Waals surface area contributed by atoms with E-state index in [1.807, 2.05) is 0 Å². The zero-order chi connectivity index (χ0) is 13.8. The van der Waals surface area contributed by atoms with Gasteiger partial charge in [-0.1, -0.05) is 0 Å². The second-order valence-corrected chi connectivity index (χ2v) is 3.95. The quantitative estimate of drug-likeness (QED) is 0.919. The molecule has 19 heavy (non-hydrogen) atoms. The number of nitrogens with zero attached hydrogens (tertiary/aromatic N) is 1. The minimum absolute atomic E-state index is 0.364. The number of hydrogen-bond donors (Lipinski definition) is 1. The minimum Gasteiger partial charge on any atom is -0.497 e. The van der Waals surface area contributed by atoms with Crippen LogP contribution in [0.3, 0.4) is 0 Å². The summed E-state index contributed by atoms with van der Waals surface area (Å²) in [6, 6.07) is 6.27. The number of benzene rings is 1. The van der Waals surface area contributed by atoms with Gasteiger partial charge >= 0.3 is 0 Å². The summed E-state index contributed by atoms with van der Waals surface area (Å²) in [6.07, 6.45) is 1.49. The lowest BCUT2D eigenvalue weighted by atomic mass is 10.0. The van der Waals surface area contributed by atoms with Gasteiger partial charge < -0.3 is 14.6 Å². The van der Waals surface area contributed by atoms with E-state index in [1.165, 1.54) is 19.4 Å². The summed E-state index contributed by atoms with van der Waals surface area (Å²) in [5.74, 6) is 0.588. The van der Waals surface area contributed by atoms with Gasteiger partial charge in [-0.3, -0.25) is 4.98 Å². The minimum atomic E-state index is -1.01. The monoisotopic (exact) mass is 263 g/mol. The Bertz CT molecular complexity index is 574. The third-order valence-corrected chi connectivity index (χ3v) is 2.78. The van der Waals surface area contributed by atoms with Gasteiger partial charge in [-0.05, 0) is 18.2 Å². The van der Waals surface area contributed by atoms with Gasteiger partial charge in [0, 0.05) is 23.4 Å². The molecule has 1 heterocycles. The number of hydrogen-bond acceptors (Lipinski definition) is 4. The summed E-state index contributed by atoms with van der Waals surface area (Å²) < 4.78 is 23.4. The van der Waals surface area contributed by atoms with Gasteiger partial charge in [0.05, 0.1) is 20.4 Å². The average Bonchev–Trinajstić information content (AvgIpc) is 2.45. The van der Waals surface area contributed by atoms with E-state index >= 15 is 0 Å². The van der Waals surface area contributed by atoms with Crippen LogP contribution in [-0.4, -0.2) is 24.3 Å². The smallest absolute Gasteiger partial charge is 0.141 e. The highest BCUT2D eigenvalue weighted by Gasteiger charge is 2.17. The van der Waals surface area contributed by atoms with Crippen LogP contribution in [0, 0.1) is 5.82 Å². The van der Waals surface area contributed by atoms with Crippen LogP contribution < -0.4 is 9.47 Å². The lowest BCUT2D eigenvalue weighted by Crippen LogP contribution is -2.03. The van der Waals surface area contributed by atoms with E-state index in [2.05, 4.69) is 4.98 Å². The van der Waals surface area contributed by atoms with Crippen LogP contribution in [0.4, 0.5) is 4.39 Å². The molecule has 0 saturated heterocycles. The van der Waals surface area contributed by atoms with Crippen LogP contribution >= 0.6 is 0 Å². The Balaban J connectivity index is 2.40. The summed E-state index contributed by atoms with van der Waals surface area (Å²) >= 11 is 0. The molecule has 0 aliphatic heterocycles. The second-order valence-electron chi connectivity index (χ2n) is 3.95. The van der Waals surface area contributed by atoms with Crippen molar-refractivity contribution in [2.24, 2.45) is 0 Å². The molecule has 4 nitrogen and oxygen atoms in total. The van der Waals surface area contributed by atoms with Gasteiger partial charge in [0.2, 0.25) is 0 Å². The molecule has 0 aliphatic carbocycles. The Kier molecular flexibility index (Phi) is 3.97. The fourth-order valence-electron chi connectivity index (χ4n) is 1.80. The first-order chi connectivity index (χ1) is 9.15. The van der Waals surface area contributed by atoms with Gasteiger partial charge in [0.1, 0.15) is 23.4 Å². The molecule has 1 unspecified atom stereocenters. The SMILES string of the molecule is COc1ccc(C(O)c2cncc(F)c2)c(OC)c1. The van der Waals surface area contributed by atoms with Gasteiger partial charge in [-0.2, -0.15) is 0 Å². The fourth-order valence-corrected chi connectivity index (χ4v) is 1.80. The molecular formula is C14H14FNO3. The Hall–Kier alpha value is -2.14. The first kappa shape index (κ1) is 13.3. The highest BCUT2D eigenvalue weighted by molar-refractivity contribution is 5.44. The fraction of sp³-hybridized carbons (Fsp3) is 0.214. The second kappa shape index (κ2) is 5.67. The maximum absolute atomic E-state index is 13.1. The number of aliphatic hydroxyl groups excluding tert-OH is 1. The summed E-state index contributed by atoms with van der Waals surface area (Å²) in [6.45, 7) is 0. The third kappa shape index (κ3) is 2.82. The molecule has 5 heteroatoms. The highest BCUT2D eigenvalue weighted by Crippen LogP contribution is 2.32. The Morgan fingerprint density at radius 1 is 1.16 bits per heavy atom. The summed E-state index contributed by atoms with van der Waals surface area (Å²) in [5, 5.41) is 10.3. The molecule has 0 spiro atoms. The van der Waals surface area contributed by atoms with E-state index in [-0.39, 0.29) is 0 Å². The van der Waals surface area contributed by atoms with Crippen molar-refractivity contribution in [2.45, 2.75) is 6.10 Å². The lowest BCUT2D eigenvalue weighted by molar-refractivity contribution is 0.213. The van der Waals surface area contributed by atoms with E-state index in [0.717, 1.165) is 6.20 Å². The Morgan fingerprint density at radius 2 is 1.95 bits per heavy atom. The number of aliphatic hydroxyl groups is 1. The summed E-state index contributed by atoms with van der Waals surface area (Å²) in [5.41, 5.74) is 0.888. The molecule has 1 aromatic carbocycles. The van der Waals surface area contributed by atoms with E-state index in [4.69, 9.17) is 9.47 Å². The molecular weight excluding hydrogens is 249 g/mol. The number of rotatable bonds is 4. The van der Waals surface area contributed by atoms with Crippen LogP contribution in [-0.2, 0) is 0 Å². The molecule has 0 fully saturated rings. The number of ether oxygens (including phenoxy) is 2. The van der Waals surface area contributed by atoms with E-state index < -0.39 is 11.9 Å². The molecule has 100 valence electrons. The molecule has 0 bridgehead atoms. The first-order valence-corrected chi connectivity index (χ1v) is 5.66. The van der Waals surface area contributed by atoms with Gasteiger partial charge in [0.15, 0.2) is 0 Å². The normalized spacial score (nSPS) is 12.0. The maximum Gasteiger partial charge on any atom is 0.141 e. The molecule has 1 atom stereocenters. The largest absolute Gasteiger partial charge is 0.497 e. The van der Waals surface area contributed by atoms with E-state index in [0.29, 0.717) is 22.6 Å². The number of halogens is 1. The summed E-state index contributed by atoms with van der Waals surface area (Å²) in [4.78, 5) is 3.72. The van der Waals surface area contributed by atoms with Gasteiger partial charge in [-0.25, -0.2) is 4.39 Å². The maximum atomic E-state index is 13.1. The van der Waals surface area contributed by atoms with Crippen molar-refractivity contribution >= 4 is 0 Å². The number of methoxy groups -OCH3 is 2. The van der Waals surface area contributed by atoms with Crippen molar-refractivity contribution in [3.63, 3.8) is 0 Å². The van der Waals surface area contributed by atoms with E-state index in [9.17, 15) is 9.50 Å². The molecule has 0 amide bonds. The Labute approximate surface area is 110 Å². The van der Waals surface area contributed by atoms with E-state index in [1.54, 1.807) is 25.3 Å². The van der Waals surface area contributed by atoms with Crippen LogP contribution in [0.25, 0.3) is 0 Å². The van der Waals surface area contributed by atoms with Crippen molar-refractivity contribution < 1.29 is 19.0 Å². The van der Waals surface area contributed by atoms with Crippen LogP contribution in [0.5, 0.6) is 11.5 Å². The predicted octanol–water partition coefficient (Wildman–Crippen LogP) is 2.32. The van der Waals surface area contributed by atoms with Gasteiger partial charge in [0.25, 0.3) is 0 Å². The molecule has 0 aliphatic rings. The van der Waals surface area contributed by atoms with Crippen LogP contribution in [0.2, 0.25) is 0 Å². The zero-order valence-electron chi connectivity index (χ0n) is 10.6.